The third-order valence-electron chi connectivity index (χ3n) is 5.75. The number of carbonyl (C=O) groups is 2. The van der Waals surface area contributed by atoms with Crippen molar-refractivity contribution in [1.82, 2.24) is 10.2 Å². The van der Waals surface area contributed by atoms with Crippen molar-refractivity contribution in [1.29, 1.82) is 0 Å². The minimum absolute atomic E-state index is 0.133. The Hall–Kier alpha value is -3.12. The van der Waals surface area contributed by atoms with E-state index in [-0.39, 0.29) is 29.9 Å². The van der Waals surface area contributed by atoms with Crippen LogP contribution in [0.5, 0.6) is 0 Å². The molecule has 1 atom stereocenters. The predicted octanol–water partition coefficient (Wildman–Crippen LogP) is 5.78. The molecule has 0 aliphatic heterocycles. The van der Waals surface area contributed by atoms with E-state index in [4.69, 9.17) is 0 Å². The van der Waals surface area contributed by atoms with Crippen LogP contribution >= 0.6 is 11.8 Å². The summed E-state index contributed by atoms with van der Waals surface area (Å²) in [4.78, 5) is 29.6. The molecule has 0 fully saturated rings. The maximum Gasteiger partial charge on any atom is 0.243 e. The van der Waals surface area contributed by atoms with Crippen molar-refractivity contribution < 1.29 is 14.0 Å². The van der Waals surface area contributed by atoms with Gasteiger partial charge in [-0.2, -0.15) is 0 Å². The van der Waals surface area contributed by atoms with Crippen LogP contribution in [-0.2, 0) is 22.6 Å². The Bertz CT molecular complexity index is 1070. The molecule has 0 bridgehead atoms. The third-order valence-corrected chi connectivity index (χ3v) is 6.75. The highest BCUT2D eigenvalue weighted by Gasteiger charge is 2.30. The number of hydrogen-bond acceptors (Lipinski definition) is 3. The molecule has 35 heavy (non-hydrogen) atoms. The van der Waals surface area contributed by atoms with Gasteiger partial charge in [-0.3, -0.25) is 9.59 Å². The molecule has 0 aromatic heterocycles. The van der Waals surface area contributed by atoms with Gasteiger partial charge in [0.25, 0.3) is 0 Å². The van der Waals surface area contributed by atoms with Gasteiger partial charge in [0.15, 0.2) is 0 Å². The van der Waals surface area contributed by atoms with Crippen LogP contribution in [0.25, 0.3) is 0 Å². The molecule has 0 radical (unpaired) electrons. The number of nitrogens with one attached hydrogen (secondary N) is 1. The Morgan fingerprint density at radius 3 is 2.29 bits per heavy atom. The van der Waals surface area contributed by atoms with Gasteiger partial charge in [0.2, 0.25) is 11.8 Å². The first-order valence-electron chi connectivity index (χ1n) is 12.0. The van der Waals surface area contributed by atoms with Crippen molar-refractivity contribution in [2.75, 3.05) is 12.3 Å². The molecule has 2 amide bonds. The van der Waals surface area contributed by atoms with Gasteiger partial charge in [0.05, 0.1) is 5.75 Å². The number of rotatable bonds is 12. The van der Waals surface area contributed by atoms with Gasteiger partial charge in [0.1, 0.15) is 11.9 Å². The Morgan fingerprint density at radius 2 is 1.63 bits per heavy atom. The van der Waals surface area contributed by atoms with E-state index in [0.29, 0.717) is 13.0 Å². The van der Waals surface area contributed by atoms with E-state index in [9.17, 15) is 14.0 Å². The highest BCUT2D eigenvalue weighted by molar-refractivity contribution is 8.00. The van der Waals surface area contributed by atoms with Crippen molar-refractivity contribution >= 4 is 23.6 Å². The molecule has 0 saturated heterocycles. The quantitative estimate of drug-likeness (QED) is 0.257. The number of nitrogens with zero attached hydrogens (tertiary/aromatic N) is 1. The van der Waals surface area contributed by atoms with E-state index in [1.165, 1.54) is 23.9 Å². The van der Waals surface area contributed by atoms with Crippen LogP contribution in [0.1, 0.15) is 36.5 Å². The molecule has 3 aromatic rings. The maximum absolute atomic E-state index is 13.6. The minimum atomic E-state index is -0.676. The molecule has 0 heterocycles. The van der Waals surface area contributed by atoms with E-state index < -0.39 is 6.04 Å². The lowest BCUT2D eigenvalue weighted by Crippen LogP contribution is -2.51. The Labute approximate surface area is 211 Å². The smallest absolute Gasteiger partial charge is 0.243 e. The van der Waals surface area contributed by atoms with E-state index in [2.05, 4.69) is 12.2 Å². The second kappa shape index (κ2) is 13.7. The van der Waals surface area contributed by atoms with Gasteiger partial charge in [-0.1, -0.05) is 73.5 Å². The van der Waals surface area contributed by atoms with Gasteiger partial charge >= 0.3 is 0 Å². The van der Waals surface area contributed by atoms with E-state index in [1.54, 1.807) is 17.0 Å². The Kier molecular flexibility index (Phi) is 10.4. The lowest BCUT2D eigenvalue weighted by molar-refractivity contribution is -0.139. The summed E-state index contributed by atoms with van der Waals surface area (Å²) in [7, 11) is 0. The molecule has 4 nitrogen and oxygen atoms in total. The summed E-state index contributed by atoms with van der Waals surface area (Å²) in [5.41, 5.74) is 2.91. The average Bonchev–Trinajstić information content (AvgIpc) is 2.87. The van der Waals surface area contributed by atoms with Crippen molar-refractivity contribution in [2.45, 2.75) is 50.6 Å². The largest absolute Gasteiger partial charge is 0.354 e. The first-order valence-corrected chi connectivity index (χ1v) is 13.0. The van der Waals surface area contributed by atoms with E-state index >= 15 is 0 Å². The van der Waals surface area contributed by atoms with Crippen molar-refractivity contribution in [2.24, 2.45) is 0 Å². The molecule has 1 N–H and O–H groups in total. The zero-order valence-corrected chi connectivity index (χ0v) is 21.2. The second-order valence-electron chi connectivity index (χ2n) is 8.60. The average molecular weight is 493 g/mol. The van der Waals surface area contributed by atoms with Crippen LogP contribution in [0.4, 0.5) is 4.39 Å². The summed E-state index contributed by atoms with van der Waals surface area (Å²) in [6, 6.07) is 23.2. The highest BCUT2D eigenvalue weighted by atomic mass is 32.2. The zero-order valence-electron chi connectivity index (χ0n) is 20.4. The first kappa shape index (κ1) is 26.5. The van der Waals surface area contributed by atoms with Crippen LogP contribution in [0.3, 0.4) is 0 Å². The van der Waals surface area contributed by atoms with Gasteiger partial charge in [-0.05, 0) is 48.7 Å². The number of aryl methyl sites for hydroxylation is 1. The molecular formula is C29H33FN2O2S. The third kappa shape index (κ3) is 8.55. The topological polar surface area (TPSA) is 49.4 Å². The molecule has 184 valence electrons. The number of hydrogen-bond donors (Lipinski definition) is 1. The molecule has 3 aromatic carbocycles. The zero-order chi connectivity index (χ0) is 25.0. The fourth-order valence-corrected chi connectivity index (χ4v) is 4.49. The summed E-state index contributed by atoms with van der Waals surface area (Å²) >= 11 is 1.45. The standard InChI is InChI=1S/C29H33FN2O2S/c1-3-4-18-31-29(34)27(19-23-8-6-5-7-9-23)32(20-24-12-14-25(30)15-13-24)28(33)21-35-26-16-10-22(2)11-17-26/h5-17,27H,3-4,18-21H2,1-2H3,(H,31,34)/t27-/m1/s1. The number of carbonyl (C=O) groups excluding carboxylic acids is 2. The van der Waals surface area contributed by atoms with Gasteiger partial charge in [-0.15, -0.1) is 11.8 Å². The molecule has 6 heteroatoms. The summed E-state index contributed by atoms with van der Waals surface area (Å²) < 4.78 is 13.5. The van der Waals surface area contributed by atoms with Gasteiger partial charge < -0.3 is 10.2 Å². The van der Waals surface area contributed by atoms with E-state index in [0.717, 1.165) is 34.4 Å². The number of benzene rings is 3. The number of halogens is 1. The van der Waals surface area contributed by atoms with Crippen LogP contribution in [0.15, 0.2) is 83.8 Å². The summed E-state index contributed by atoms with van der Waals surface area (Å²) in [5, 5.41) is 3.01. The number of unbranched alkanes of at least 4 members (excludes halogenated alkanes) is 1. The summed E-state index contributed by atoms with van der Waals surface area (Å²) in [6.07, 6.45) is 2.24. The fraction of sp³-hybridized carbons (Fsp3) is 0.310. The molecule has 0 aliphatic rings. The van der Waals surface area contributed by atoms with Crippen molar-refractivity contribution in [3.8, 4) is 0 Å². The van der Waals surface area contributed by atoms with Crippen molar-refractivity contribution in [3.63, 3.8) is 0 Å². The lowest BCUT2D eigenvalue weighted by Gasteiger charge is -2.31. The number of amides is 2. The molecule has 0 unspecified atom stereocenters. The predicted molar refractivity (Wildman–Crippen MR) is 141 cm³/mol. The minimum Gasteiger partial charge on any atom is -0.354 e. The normalized spacial score (nSPS) is 11.6. The Balaban J connectivity index is 1.86. The molecule has 0 aliphatic carbocycles. The fourth-order valence-electron chi connectivity index (χ4n) is 3.71. The number of thioether (sulfide) groups is 1. The molecule has 0 saturated carbocycles. The highest BCUT2D eigenvalue weighted by Crippen LogP contribution is 2.21. The van der Waals surface area contributed by atoms with Crippen LogP contribution < -0.4 is 5.32 Å². The van der Waals surface area contributed by atoms with Crippen LogP contribution in [-0.4, -0.2) is 35.1 Å². The van der Waals surface area contributed by atoms with Gasteiger partial charge in [0, 0.05) is 24.4 Å². The first-order chi connectivity index (χ1) is 17.0. The molecule has 0 spiro atoms. The van der Waals surface area contributed by atoms with E-state index in [1.807, 2.05) is 61.5 Å². The second-order valence-corrected chi connectivity index (χ2v) is 9.65. The van der Waals surface area contributed by atoms with Crippen LogP contribution in [0.2, 0.25) is 0 Å². The summed E-state index contributed by atoms with van der Waals surface area (Å²) in [5.74, 6) is -0.429. The molecule has 3 rings (SSSR count). The lowest BCUT2D eigenvalue weighted by atomic mass is 10.0. The Morgan fingerprint density at radius 1 is 0.943 bits per heavy atom. The SMILES string of the molecule is CCCCNC(=O)[C@@H](Cc1ccccc1)N(Cc1ccc(F)cc1)C(=O)CSc1ccc(C)cc1. The van der Waals surface area contributed by atoms with Crippen molar-refractivity contribution in [3.05, 3.63) is 101 Å². The van der Waals surface area contributed by atoms with Crippen LogP contribution in [0, 0.1) is 12.7 Å². The van der Waals surface area contributed by atoms with Gasteiger partial charge in [-0.25, -0.2) is 4.39 Å². The summed E-state index contributed by atoms with van der Waals surface area (Å²) in [6.45, 7) is 4.89. The molecular weight excluding hydrogens is 459 g/mol. The maximum atomic E-state index is 13.6. The monoisotopic (exact) mass is 492 g/mol.